The van der Waals surface area contributed by atoms with Crippen molar-refractivity contribution in [3.05, 3.63) is 54.4 Å². The second kappa shape index (κ2) is 4.57. The number of rotatable bonds is 3. The smallest absolute Gasteiger partial charge is 0.170 e. The van der Waals surface area contributed by atoms with E-state index in [4.69, 9.17) is 4.74 Å². The average molecular weight is 252 g/mol. The third kappa shape index (κ3) is 1.97. The van der Waals surface area contributed by atoms with Crippen molar-refractivity contribution in [2.45, 2.75) is 0 Å². The van der Waals surface area contributed by atoms with Gasteiger partial charge in [0.15, 0.2) is 6.29 Å². The Balaban J connectivity index is 2.23. The predicted molar refractivity (Wildman–Crippen MR) is 72.6 cm³/mol. The molecule has 0 saturated carbocycles. The number of pyridine rings is 1. The lowest BCUT2D eigenvalue weighted by Crippen LogP contribution is -1.91. The van der Waals surface area contributed by atoms with Gasteiger partial charge in [0.2, 0.25) is 0 Å². The molecule has 0 fully saturated rings. The standard InChI is InChI=1S/C15H12N2O2/c1-19-13-5-2-4-11(8-13)14-6-3-7-15-16-12(10-18)9-17(14)15/h2-10H,1H3. The number of hydrogen-bond donors (Lipinski definition) is 0. The first-order valence-corrected chi connectivity index (χ1v) is 5.89. The summed E-state index contributed by atoms with van der Waals surface area (Å²) in [7, 11) is 1.64. The molecule has 0 aliphatic heterocycles. The zero-order valence-electron chi connectivity index (χ0n) is 10.4. The van der Waals surface area contributed by atoms with Crippen molar-refractivity contribution in [2.75, 3.05) is 7.11 Å². The molecular formula is C15H12N2O2. The van der Waals surface area contributed by atoms with Gasteiger partial charge in [-0.1, -0.05) is 18.2 Å². The van der Waals surface area contributed by atoms with Crippen molar-refractivity contribution >= 4 is 11.9 Å². The van der Waals surface area contributed by atoms with E-state index in [0.717, 1.165) is 28.9 Å². The van der Waals surface area contributed by atoms with Crippen LogP contribution in [-0.2, 0) is 0 Å². The molecule has 19 heavy (non-hydrogen) atoms. The molecule has 0 aliphatic rings. The Hall–Kier alpha value is -2.62. The maximum atomic E-state index is 10.8. The van der Waals surface area contributed by atoms with Gasteiger partial charge in [-0.15, -0.1) is 0 Å². The number of aromatic nitrogens is 2. The molecular weight excluding hydrogens is 240 g/mol. The molecule has 94 valence electrons. The number of ether oxygens (including phenoxy) is 1. The molecule has 0 bridgehead atoms. The molecule has 2 heterocycles. The van der Waals surface area contributed by atoms with Crippen LogP contribution in [0, 0.1) is 0 Å². The number of methoxy groups -OCH3 is 1. The summed E-state index contributed by atoms with van der Waals surface area (Å²) in [5, 5.41) is 0. The van der Waals surface area contributed by atoms with Gasteiger partial charge in [0.05, 0.1) is 12.8 Å². The lowest BCUT2D eigenvalue weighted by molar-refractivity contribution is 0.111. The largest absolute Gasteiger partial charge is 0.497 e. The molecule has 0 radical (unpaired) electrons. The minimum absolute atomic E-state index is 0.426. The molecule has 4 nitrogen and oxygen atoms in total. The Morgan fingerprint density at radius 1 is 1.21 bits per heavy atom. The van der Waals surface area contributed by atoms with Gasteiger partial charge in [-0.25, -0.2) is 4.98 Å². The summed E-state index contributed by atoms with van der Waals surface area (Å²) in [6.07, 6.45) is 2.49. The summed E-state index contributed by atoms with van der Waals surface area (Å²) >= 11 is 0. The maximum absolute atomic E-state index is 10.8. The van der Waals surface area contributed by atoms with Crippen LogP contribution >= 0.6 is 0 Å². The number of benzene rings is 1. The van der Waals surface area contributed by atoms with Gasteiger partial charge in [0.25, 0.3) is 0 Å². The lowest BCUT2D eigenvalue weighted by Gasteiger charge is -2.07. The van der Waals surface area contributed by atoms with Crippen molar-refractivity contribution < 1.29 is 9.53 Å². The van der Waals surface area contributed by atoms with Crippen molar-refractivity contribution in [3.8, 4) is 17.0 Å². The summed E-state index contributed by atoms with van der Waals surface area (Å²) in [4.78, 5) is 15.1. The Kier molecular flexibility index (Phi) is 2.76. The lowest BCUT2D eigenvalue weighted by atomic mass is 10.1. The molecule has 1 aromatic carbocycles. The Labute approximate surface area is 110 Å². The summed E-state index contributed by atoms with van der Waals surface area (Å²) in [6, 6.07) is 13.6. The molecule has 2 aromatic heterocycles. The number of carbonyl (C=O) groups excluding carboxylic acids is 1. The fraction of sp³-hybridized carbons (Fsp3) is 0.0667. The number of aldehydes is 1. The summed E-state index contributed by atoms with van der Waals surface area (Å²) < 4.78 is 7.14. The Morgan fingerprint density at radius 2 is 2.05 bits per heavy atom. The van der Waals surface area contributed by atoms with E-state index in [1.54, 1.807) is 13.3 Å². The monoisotopic (exact) mass is 252 g/mol. The second-order valence-corrected chi connectivity index (χ2v) is 4.15. The highest BCUT2D eigenvalue weighted by atomic mass is 16.5. The number of imidazole rings is 1. The predicted octanol–water partition coefficient (Wildman–Crippen LogP) is 2.82. The van der Waals surface area contributed by atoms with Gasteiger partial charge in [-0.2, -0.15) is 0 Å². The molecule has 0 saturated heterocycles. The van der Waals surface area contributed by atoms with Crippen molar-refractivity contribution in [3.63, 3.8) is 0 Å². The zero-order valence-corrected chi connectivity index (χ0v) is 10.4. The van der Waals surface area contributed by atoms with Crippen LogP contribution in [0.15, 0.2) is 48.7 Å². The van der Waals surface area contributed by atoms with Gasteiger partial charge < -0.3 is 4.74 Å². The molecule has 0 N–H and O–H groups in total. The molecule has 0 atom stereocenters. The first kappa shape index (κ1) is 11.5. The van der Waals surface area contributed by atoms with Gasteiger partial charge in [-0.05, 0) is 24.3 Å². The Bertz CT molecular complexity index is 747. The first-order valence-electron chi connectivity index (χ1n) is 5.89. The van der Waals surface area contributed by atoms with Crippen molar-refractivity contribution in [1.29, 1.82) is 0 Å². The number of carbonyl (C=O) groups is 1. The van der Waals surface area contributed by atoms with Gasteiger partial charge >= 0.3 is 0 Å². The van der Waals surface area contributed by atoms with E-state index in [1.165, 1.54) is 0 Å². The Morgan fingerprint density at radius 3 is 2.84 bits per heavy atom. The van der Waals surface area contributed by atoms with Crippen molar-refractivity contribution in [1.82, 2.24) is 9.38 Å². The average Bonchev–Trinajstić information content (AvgIpc) is 2.90. The molecule has 0 unspecified atom stereocenters. The zero-order chi connectivity index (χ0) is 13.2. The number of fused-ring (bicyclic) bond motifs is 1. The van der Waals surface area contributed by atoms with Crippen LogP contribution in [0.25, 0.3) is 16.9 Å². The van der Waals surface area contributed by atoms with Crippen LogP contribution in [0.4, 0.5) is 0 Å². The first-order chi connectivity index (χ1) is 9.31. The molecule has 0 amide bonds. The second-order valence-electron chi connectivity index (χ2n) is 4.15. The van der Waals surface area contributed by atoms with Gasteiger partial charge in [0, 0.05) is 11.8 Å². The van der Waals surface area contributed by atoms with Crippen LogP contribution < -0.4 is 4.74 Å². The van der Waals surface area contributed by atoms with E-state index < -0.39 is 0 Å². The van der Waals surface area contributed by atoms with Crippen LogP contribution in [0.2, 0.25) is 0 Å². The highest BCUT2D eigenvalue weighted by Gasteiger charge is 2.07. The highest BCUT2D eigenvalue weighted by Crippen LogP contribution is 2.24. The molecule has 3 aromatic rings. The molecule has 4 heteroatoms. The summed E-state index contributed by atoms with van der Waals surface area (Å²) in [5.41, 5.74) is 3.16. The topological polar surface area (TPSA) is 43.6 Å². The SMILES string of the molecule is COc1cccc(-c2cccc3nc(C=O)cn23)c1. The van der Waals surface area contributed by atoms with E-state index in [2.05, 4.69) is 4.98 Å². The fourth-order valence-electron chi connectivity index (χ4n) is 2.10. The minimum Gasteiger partial charge on any atom is -0.497 e. The van der Waals surface area contributed by atoms with Gasteiger partial charge in [-0.3, -0.25) is 9.20 Å². The van der Waals surface area contributed by atoms with Crippen molar-refractivity contribution in [2.24, 2.45) is 0 Å². The minimum atomic E-state index is 0.426. The molecule has 0 spiro atoms. The van der Waals surface area contributed by atoms with Gasteiger partial charge in [0.1, 0.15) is 17.1 Å². The van der Waals surface area contributed by atoms with E-state index >= 15 is 0 Å². The highest BCUT2D eigenvalue weighted by molar-refractivity contribution is 5.75. The van der Waals surface area contributed by atoms with E-state index in [-0.39, 0.29) is 0 Å². The third-order valence-corrected chi connectivity index (χ3v) is 3.00. The quantitative estimate of drug-likeness (QED) is 0.673. The summed E-state index contributed by atoms with van der Waals surface area (Å²) in [6.45, 7) is 0. The fourth-order valence-corrected chi connectivity index (χ4v) is 2.10. The third-order valence-electron chi connectivity index (χ3n) is 3.00. The van der Waals surface area contributed by atoms with E-state index in [0.29, 0.717) is 5.69 Å². The normalized spacial score (nSPS) is 10.6. The summed E-state index contributed by atoms with van der Waals surface area (Å²) in [5.74, 6) is 0.797. The van der Waals surface area contributed by atoms with Crippen LogP contribution in [0.1, 0.15) is 10.5 Å². The number of nitrogens with zero attached hydrogens (tertiary/aromatic N) is 2. The number of hydrogen-bond acceptors (Lipinski definition) is 3. The van der Waals surface area contributed by atoms with E-state index in [9.17, 15) is 4.79 Å². The molecule has 3 rings (SSSR count). The van der Waals surface area contributed by atoms with Crippen LogP contribution in [0.5, 0.6) is 5.75 Å². The molecule has 0 aliphatic carbocycles. The maximum Gasteiger partial charge on any atom is 0.170 e. The van der Waals surface area contributed by atoms with Crippen LogP contribution in [0.3, 0.4) is 0 Å². The van der Waals surface area contributed by atoms with E-state index in [1.807, 2.05) is 46.9 Å². The van der Waals surface area contributed by atoms with Crippen LogP contribution in [-0.4, -0.2) is 22.8 Å².